The number of thiazole rings is 1. The molecule has 0 radical (unpaired) electrons. The number of rotatable bonds is 9. The van der Waals surface area contributed by atoms with Crippen molar-refractivity contribution in [3.8, 4) is 21.8 Å². The molecule has 45 heavy (non-hydrogen) atoms. The predicted octanol–water partition coefficient (Wildman–Crippen LogP) is 5.39. The zero-order chi connectivity index (χ0) is 31.9. The van der Waals surface area contributed by atoms with E-state index in [1.807, 2.05) is 33.0 Å². The fourth-order valence-corrected chi connectivity index (χ4v) is 7.69. The number of nitrogens with zero attached hydrogens (tertiary/aromatic N) is 6. The molecule has 2 atom stereocenters. The molecule has 0 aliphatic carbocycles. The molecular formula is C31H38FN9O2S2. The Morgan fingerprint density at radius 2 is 1.84 bits per heavy atom. The maximum Gasteiger partial charge on any atom is 0.301 e. The Labute approximate surface area is 267 Å². The number of benzene rings is 1. The van der Waals surface area contributed by atoms with Crippen molar-refractivity contribution in [3.63, 3.8) is 0 Å². The molecule has 238 valence electrons. The molecule has 2 saturated heterocycles. The van der Waals surface area contributed by atoms with Crippen LogP contribution in [0, 0.1) is 5.82 Å². The van der Waals surface area contributed by atoms with Gasteiger partial charge in [-0.3, -0.25) is 4.72 Å². The molecule has 2 fully saturated rings. The molecule has 3 N–H and O–H groups in total. The SMILES string of the molecule is CCN(C)S(=O)(=O)Nc1cccc(-c2nc(C(C)(C)C)sc2-c2ccnc(Nc3ccc(N4C5CCC4CNC5)cn3)n2)c1F. The molecule has 2 aliphatic rings. The first kappa shape index (κ1) is 31.3. The van der Waals surface area contributed by atoms with Crippen LogP contribution < -0.4 is 20.3 Å². The van der Waals surface area contributed by atoms with Gasteiger partial charge in [0.05, 0.1) is 38.8 Å². The molecule has 5 heterocycles. The molecule has 4 aromatic rings. The van der Waals surface area contributed by atoms with E-state index in [-0.39, 0.29) is 23.2 Å². The summed E-state index contributed by atoms with van der Waals surface area (Å²) < 4.78 is 44.8. The topological polar surface area (TPSA) is 128 Å². The van der Waals surface area contributed by atoms with E-state index in [1.165, 1.54) is 37.3 Å². The number of hydrogen-bond donors (Lipinski definition) is 3. The molecule has 2 bridgehead atoms. The summed E-state index contributed by atoms with van der Waals surface area (Å²) in [6, 6.07) is 11.4. The van der Waals surface area contributed by atoms with Crippen molar-refractivity contribution >= 4 is 44.7 Å². The van der Waals surface area contributed by atoms with E-state index in [1.54, 1.807) is 31.3 Å². The summed E-state index contributed by atoms with van der Waals surface area (Å²) in [5.41, 5.74) is 1.74. The van der Waals surface area contributed by atoms with Crippen molar-refractivity contribution in [1.82, 2.24) is 29.6 Å². The second kappa shape index (κ2) is 12.2. The molecule has 2 aliphatic heterocycles. The van der Waals surface area contributed by atoms with Crippen molar-refractivity contribution in [3.05, 3.63) is 59.6 Å². The van der Waals surface area contributed by atoms with E-state index in [0.29, 0.717) is 40.1 Å². The Morgan fingerprint density at radius 3 is 2.51 bits per heavy atom. The van der Waals surface area contributed by atoms with Gasteiger partial charge in [-0.1, -0.05) is 33.8 Å². The van der Waals surface area contributed by atoms with E-state index >= 15 is 4.39 Å². The van der Waals surface area contributed by atoms with E-state index < -0.39 is 16.0 Å². The number of hydrogen-bond acceptors (Lipinski definition) is 10. The highest BCUT2D eigenvalue weighted by Gasteiger charge is 2.36. The Bertz CT molecular complexity index is 1780. The van der Waals surface area contributed by atoms with E-state index in [2.05, 4.69) is 36.3 Å². The smallest absolute Gasteiger partial charge is 0.301 e. The van der Waals surface area contributed by atoms with Crippen LogP contribution in [0.5, 0.6) is 0 Å². The highest BCUT2D eigenvalue weighted by molar-refractivity contribution is 7.90. The molecule has 6 rings (SSSR count). The monoisotopic (exact) mass is 651 g/mol. The van der Waals surface area contributed by atoms with Crippen LogP contribution in [0.25, 0.3) is 21.8 Å². The Kier molecular flexibility index (Phi) is 8.50. The first-order valence-electron chi connectivity index (χ1n) is 15.0. The van der Waals surface area contributed by atoms with Gasteiger partial charge >= 0.3 is 10.2 Å². The zero-order valence-corrected chi connectivity index (χ0v) is 27.6. The van der Waals surface area contributed by atoms with Crippen molar-refractivity contribution in [2.45, 2.75) is 58.0 Å². The zero-order valence-electron chi connectivity index (χ0n) is 26.0. The quantitative estimate of drug-likeness (QED) is 0.218. The lowest BCUT2D eigenvalue weighted by atomic mass is 9.98. The van der Waals surface area contributed by atoms with Crippen molar-refractivity contribution in [2.75, 3.05) is 41.6 Å². The second-order valence-corrected chi connectivity index (χ2v) is 15.2. The number of nitrogens with one attached hydrogen (secondary N) is 3. The van der Waals surface area contributed by atoms with Gasteiger partial charge < -0.3 is 15.5 Å². The summed E-state index contributed by atoms with van der Waals surface area (Å²) in [7, 11) is -2.50. The summed E-state index contributed by atoms with van der Waals surface area (Å²) in [5.74, 6) is 0.241. The number of piperazine rings is 1. The van der Waals surface area contributed by atoms with Crippen LogP contribution >= 0.6 is 11.3 Å². The summed E-state index contributed by atoms with van der Waals surface area (Å²) in [6.45, 7) is 10.0. The molecule has 11 nitrogen and oxygen atoms in total. The second-order valence-electron chi connectivity index (χ2n) is 12.4. The van der Waals surface area contributed by atoms with Crippen molar-refractivity contribution < 1.29 is 12.8 Å². The minimum Gasteiger partial charge on any atom is -0.362 e. The third kappa shape index (κ3) is 6.37. The number of fused-ring (bicyclic) bond motifs is 2. The maximum atomic E-state index is 16.0. The van der Waals surface area contributed by atoms with Crippen LogP contribution in [-0.4, -0.2) is 71.4 Å². The fraction of sp³-hybridized carbons (Fsp3) is 0.419. The average molecular weight is 652 g/mol. The van der Waals surface area contributed by atoms with Gasteiger partial charge in [-0.25, -0.2) is 24.3 Å². The third-order valence-electron chi connectivity index (χ3n) is 8.17. The summed E-state index contributed by atoms with van der Waals surface area (Å²) in [5, 5.41) is 7.50. The first-order valence-corrected chi connectivity index (χ1v) is 17.3. The van der Waals surface area contributed by atoms with Gasteiger partial charge in [-0.2, -0.15) is 12.7 Å². The number of halogens is 1. The van der Waals surface area contributed by atoms with Gasteiger partial charge in [-0.15, -0.1) is 11.3 Å². The number of anilines is 4. The fourth-order valence-electron chi connectivity index (χ4n) is 5.65. The Hall–Kier alpha value is -3.72. The number of aromatic nitrogens is 4. The lowest BCUT2D eigenvalue weighted by Crippen LogP contribution is -2.52. The van der Waals surface area contributed by atoms with Gasteiger partial charge in [-0.05, 0) is 43.2 Å². The first-order chi connectivity index (χ1) is 21.4. The molecule has 2 unspecified atom stereocenters. The lowest BCUT2D eigenvalue weighted by molar-refractivity contribution is 0.484. The standard InChI is InChI=1S/C31H38FN9O2S2/c1-6-40(5)45(42,43)39-23-9-7-8-22(26(23)32)27-28(44-29(38-27)31(2,3)4)24-14-15-34-30(36-24)37-25-13-12-21(18-35-25)41-19-10-11-20(41)17-33-16-19/h7-9,12-15,18-20,33,39H,6,10-11,16-17H2,1-5H3,(H,34,35,36,37). The normalized spacial score (nSPS) is 18.4. The van der Waals surface area contributed by atoms with Gasteiger partial charge in [0, 0.05) is 55.9 Å². The van der Waals surface area contributed by atoms with Crippen molar-refractivity contribution in [1.29, 1.82) is 0 Å². The highest BCUT2D eigenvalue weighted by atomic mass is 32.2. The van der Waals surface area contributed by atoms with E-state index in [4.69, 9.17) is 9.97 Å². The third-order valence-corrected chi connectivity index (χ3v) is 11.2. The van der Waals surface area contributed by atoms with Crippen molar-refractivity contribution in [2.24, 2.45) is 0 Å². The largest absolute Gasteiger partial charge is 0.362 e. The van der Waals surface area contributed by atoms with Gasteiger partial charge in [0.1, 0.15) is 5.82 Å². The molecule has 1 aromatic carbocycles. The summed E-state index contributed by atoms with van der Waals surface area (Å²) in [4.78, 5) is 21.8. The lowest BCUT2D eigenvalue weighted by Gasteiger charge is -2.37. The van der Waals surface area contributed by atoms with E-state index in [0.717, 1.165) is 28.1 Å². The van der Waals surface area contributed by atoms with Gasteiger partial charge in [0.25, 0.3) is 0 Å². The van der Waals surface area contributed by atoms with Crippen LogP contribution in [0.2, 0.25) is 0 Å². The number of pyridine rings is 1. The van der Waals surface area contributed by atoms with Gasteiger partial charge in [0.2, 0.25) is 5.95 Å². The van der Waals surface area contributed by atoms with Crippen LogP contribution in [0.3, 0.4) is 0 Å². The molecule has 3 aromatic heterocycles. The molecule has 0 amide bonds. The van der Waals surface area contributed by atoms with Crippen LogP contribution in [0.15, 0.2) is 48.8 Å². The Morgan fingerprint density at radius 1 is 1.09 bits per heavy atom. The summed E-state index contributed by atoms with van der Waals surface area (Å²) in [6.07, 6.45) is 5.91. The predicted molar refractivity (Wildman–Crippen MR) is 178 cm³/mol. The molecule has 0 saturated carbocycles. The minimum atomic E-state index is -3.93. The van der Waals surface area contributed by atoms with Gasteiger partial charge in [0.15, 0.2) is 5.82 Å². The molecule has 0 spiro atoms. The van der Waals surface area contributed by atoms with Crippen LogP contribution in [-0.2, 0) is 15.6 Å². The average Bonchev–Trinajstić information content (AvgIpc) is 3.57. The molecular weight excluding hydrogens is 614 g/mol. The van der Waals surface area contributed by atoms with E-state index in [9.17, 15) is 8.42 Å². The highest BCUT2D eigenvalue weighted by Crippen LogP contribution is 2.42. The van der Waals surface area contributed by atoms with Crippen LogP contribution in [0.1, 0.15) is 45.5 Å². The molecule has 14 heteroatoms. The maximum absolute atomic E-state index is 16.0. The minimum absolute atomic E-state index is 0.155. The Balaban J connectivity index is 1.31. The summed E-state index contributed by atoms with van der Waals surface area (Å²) >= 11 is 1.42. The van der Waals surface area contributed by atoms with Crippen LogP contribution in [0.4, 0.5) is 27.5 Å².